The molecule has 4 saturated carbocycles. The molecule has 0 radical (unpaired) electrons. The zero-order valence-electron chi connectivity index (χ0n) is 18.0. The minimum Gasteiger partial charge on any atom is -0.308 e. The number of unbranched alkanes of at least 4 members (excludes halogenated alkanes) is 2. The molecule has 0 spiro atoms. The summed E-state index contributed by atoms with van der Waals surface area (Å²) in [5.74, 6) is 2.11. The van der Waals surface area contributed by atoms with Gasteiger partial charge >= 0.3 is 6.18 Å². The maximum Gasteiger partial charge on any atom is 0.418 e. The third-order valence-corrected chi connectivity index (χ3v) is 7.80. The quantitative estimate of drug-likeness (QED) is 0.536. The number of rotatable bonds is 6. The van der Waals surface area contributed by atoms with Crippen molar-refractivity contribution in [3.63, 3.8) is 0 Å². The summed E-state index contributed by atoms with van der Waals surface area (Å²) in [5.41, 5.74) is -0.981. The number of alkyl halides is 3. The molecule has 0 unspecified atom stereocenters. The lowest BCUT2D eigenvalue weighted by Crippen LogP contribution is -2.51. The van der Waals surface area contributed by atoms with Crippen LogP contribution < -0.4 is 5.32 Å². The molecule has 1 heterocycles. The SMILES string of the molecule is CCCCCn1nc(NC(=O)C23CC4CC(CC(C4)C2)C3)c2cccc(C(F)(F)F)c21. The Morgan fingerprint density at radius 2 is 1.77 bits per heavy atom. The Morgan fingerprint density at radius 1 is 1.13 bits per heavy atom. The molecule has 168 valence electrons. The maximum absolute atomic E-state index is 13.7. The van der Waals surface area contributed by atoms with Gasteiger partial charge in [0.1, 0.15) is 0 Å². The number of anilines is 1. The van der Waals surface area contributed by atoms with Crippen LogP contribution in [0.5, 0.6) is 0 Å². The Bertz CT molecular complexity index is 959. The van der Waals surface area contributed by atoms with Gasteiger partial charge in [0, 0.05) is 11.9 Å². The largest absolute Gasteiger partial charge is 0.418 e. The summed E-state index contributed by atoms with van der Waals surface area (Å²) in [4.78, 5) is 13.5. The van der Waals surface area contributed by atoms with E-state index in [4.69, 9.17) is 0 Å². The van der Waals surface area contributed by atoms with Crippen molar-refractivity contribution in [2.24, 2.45) is 23.2 Å². The van der Waals surface area contributed by atoms with Gasteiger partial charge in [0.05, 0.1) is 16.5 Å². The van der Waals surface area contributed by atoms with Crippen molar-refractivity contribution in [1.29, 1.82) is 0 Å². The molecular weight excluding hydrogens is 403 g/mol. The lowest BCUT2D eigenvalue weighted by Gasteiger charge is -2.55. The standard InChI is InChI=1S/C24H30F3N3O/c1-2-3-4-8-30-20-18(6-5-7-19(20)24(25,26)27)21(29-30)28-22(31)23-12-15-9-16(13-23)11-17(10-15)14-23/h5-7,15-17H,2-4,8-14H2,1H3,(H,28,29,31). The Balaban J connectivity index is 1.49. The summed E-state index contributed by atoms with van der Waals surface area (Å²) in [6, 6.07) is 4.15. The van der Waals surface area contributed by atoms with Crippen molar-refractivity contribution in [1.82, 2.24) is 9.78 Å². The van der Waals surface area contributed by atoms with Gasteiger partial charge in [-0.3, -0.25) is 9.48 Å². The average Bonchev–Trinajstić information content (AvgIpc) is 3.04. The summed E-state index contributed by atoms with van der Waals surface area (Å²) in [6.07, 6.45) is 4.61. The van der Waals surface area contributed by atoms with E-state index in [9.17, 15) is 18.0 Å². The van der Waals surface area contributed by atoms with E-state index in [-0.39, 0.29) is 22.7 Å². The smallest absolute Gasteiger partial charge is 0.308 e. The number of nitrogens with one attached hydrogen (secondary N) is 1. The van der Waals surface area contributed by atoms with Crippen LogP contribution in [0.25, 0.3) is 10.9 Å². The average molecular weight is 434 g/mol. The number of amides is 1. The lowest BCUT2D eigenvalue weighted by atomic mass is 9.49. The van der Waals surface area contributed by atoms with Gasteiger partial charge in [-0.05, 0) is 74.8 Å². The fourth-order valence-corrected chi connectivity index (χ4v) is 6.86. The van der Waals surface area contributed by atoms with Gasteiger partial charge in [-0.1, -0.05) is 25.8 Å². The molecule has 4 aliphatic rings. The number of hydrogen-bond acceptors (Lipinski definition) is 2. The first-order chi connectivity index (χ1) is 14.8. The van der Waals surface area contributed by atoms with Crippen LogP contribution in [0.15, 0.2) is 18.2 Å². The monoisotopic (exact) mass is 433 g/mol. The highest BCUT2D eigenvalue weighted by Gasteiger charge is 2.54. The molecule has 0 atom stereocenters. The zero-order valence-corrected chi connectivity index (χ0v) is 18.0. The van der Waals surface area contributed by atoms with E-state index in [2.05, 4.69) is 17.3 Å². The molecule has 6 rings (SSSR count). The molecule has 2 aromatic rings. The minimum absolute atomic E-state index is 0.0379. The van der Waals surface area contributed by atoms with E-state index >= 15 is 0 Å². The van der Waals surface area contributed by atoms with E-state index < -0.39 is 11.7 Å². The van der Waals surface area contributed by atoms with Crippen LogP contribution in [0, 0.1) is 23.2 Å². The molecule has 7 heteroatoms. The van der Waals surface area contributed by atoms with Crippen molar-refractivity contribution in [3.05, 3.63) is 23.8 Å². The van der Waals surface area contributed by atoms with Gasteiger partial charge < -0.3 is 5.32 Å². The number of aromatic nitrogens is 2. The Morgan fingerprint density at radius 3 is 2.35 bits per heavy atom. The zero-order chi connectivity index (χ0) is 21.8. The summed E-state index contributed by atoms with van der Waals surface area (Å²) in [5, 5.41) is 7.86. The molecule has 4 bridgehead atoms. The van der Waals surface area contributed by atoms with Gasteiger partial charge in [-0.2, -0.15) is 18.3 Å². The summed E-state index contributed by atoms with van der Waals surface area (Å²) >= 11 is 0. The second kappa shape index (κ2) is 7.52. The summed E-state index contributed by atoms with van der Waals surface area (Å²) in [6.45, 7) is 2.46. The number of nitrogens with zero attached hydrogens (tertiary/aromatic N) is 2. The van der Waals surface area contributed by atoms with Crippen LogP contribution in [0.3, 0.4) is 0 Å². The number of aryl methyl sites for hydroxylation is 1. The topological polar surface area (TPSA) is 46.9 Å². The Hall–Kier alpha value is -2.05. The summed E-state index contributed by atoms with van der Waals surface area (Å²) < 4.78 is 42.7. The van der Waals surface area contributed by atoms with Gasteiger partial charge in [-0.15, -0.1) is 0 Å². The fourth-order valence-electron chi connectivity index (χ4n) is 6.86. The number of carbonyl (C=O) groups excluding carboxylic acids is 1. The molecular formula is C24H30F3N3O. The summed E-state index contributed by atoms with van der Waals surface area (Å²) in [7, 11) is 0. The van der Waals surface area contributed by atoms with Crippen molar-refractivity contribution in [2.75, 3.05) is 5.32 Å². The van der Waals surface area contributed by atoms with Gasteiger partial charge in [-0.25, -0.2) is 0 Å². The Labute approximate surface area is 180 Å². The highest BCUT2D eigenvalue weighted by atomic mass is 19.4. The van der Waals surface area contributed by atoms with Crippen LogP contribution in [-0.4, -0.2) is 15.7 Å². The molecule has 1 N–H and O–H groups in total. The van der Waals surface area contributed by atoms with Crippen LogP contribution >= 0.6 is 0 Å². The first kappa shape index (κ1) is 20.8. The number of benzene rings is 1. The minimum atomic E-state index is -4.47. The molecule has 0 aliphatic heterocycles. The van der Waals surface area contributed by atoms with Crippen molar-refractivity contribution >= 4 is 22.6 Å². The van der Waals surface area contributed by atoms with Gasteiger partial charge in [0.25, 0.3) is 0 Å². The third-order valence-electron chi connectivity index (χ3n) is 7.80. The molecule has 1 aromatic carbocycles. The van der Waals surface area contributed by atoms with E-state index in [0.29, 0.717) is 29.7 Å². The van der Waals surface area contributed by atoms with E-state index in [1.165, 1.54) is 30.0 Å². The number of para-hydroxylation sites is 1. The molecule has 31 heavy (non-hydrogen) atoms. The predicted molar refractivity (Wildman–Crippen MR) is 113 cm³/mol. The van der Waals surface area contributed by atoms with Crippen LogP contribution in [-0.2, 0) is 17.5 Å². The van der Waals surface area contributed by atoms with Crippen LogP contribution in [0.1, 0.15) is 70.3 Å². The molecule has 4 nitrogen and oxygen atoms in total. The normalized spacial score (nSPS) is 29.6. The number of halogens is 3. The second-order valence-electron chi connectivity index (χ2n) is 10.1. The lowest BCUT2D eigenvalue weighted by molar-refractivity contribution is -0.140. The van der Waals surface area contributed by atoms with Crippen molar-refractivity contribution < 1.29 is 18.0 Å². The fraction of sp³-hybridized carbons (Fsp3) is 0.667. The highest BCUT2D eigenvalue weighted by Crippen LogP contribution is 2.60. The van der Waals surface area contributed by atoms with E-state index in [1.54, 1.807) is 6.07 Å². The van der Waals surface area contributed by atoms with Crippen LogP contribution in [0.2, 0.25) is 0 Å². The molecule has 0 saturated heterocycles. The maximum atomic E-state index is 13.7. The van der Waals surface area contributed by atoms with Gasteiger partial charge in [0.2, 0.25) is 5.91 Å². The van der Waals surface area contributed by atoms with Crippen molar-refractivity contribution in [2.45, 2.75) is 77.4 Å². The van der Waals surface area contributed by atoms with E-state index in [0.717, 1.165) is 44.6 Å². The Kier molecular flexibility index (Phi) is 5.05. The third kappa shape index (κ3) is 3.64. The molecule has 1 amide bonds. The number of carbonyl (C=O) groups is 1. The second-order valence-corrected chi connectivity index (χ2v) is 10.1. The molecule has 4 fully saturated rings. The van der Waals surface area contributed by atoms with Crippen molar-refractivity contribution in [3.8, 4) is 0 Å². The van der Waals surface area contributed by atoms with Gasteiger partial charge in [0.15, 0.2) is 5.82 Å². The first-order valence-corrected chi connectivity index (χ1v) is 11.7. The first-order valence-electron chi connectivity index (χ1n) is 11.7. The molecule has 1 aromatic heterocycles. The van der Waals surface area contributed by atoms with E-state index in [1.807, 2.05) is 0 Å². The molecule has 4 aliphatic carbocycles. The highest BCUT2D eigenvalue weighted by molar-refractivity contribution is 6.03. The predicted octanol–water partition coefficient (Wildman–Crippen LogP) is 6.40. The van der Waals surface area contributed by atoms with Crippen LogP contribution in [0.4, 0.5) is 19.0 Å². The number of fused-ring (bicyclic) bond motifs is 1. The number of hydrogen-bond donors (Lipinski definition) is 1.